The van der Waals surface area contributed by atoms with Crippen LogP contribution in [0.4, 0.5) is 5.69 Å². The van der Waals surface area contributed by atoms with Gasteiger partial charge in [-0.1, -0.05) is 11.6 Å². The average molecular weight is 297 g/mol. The van der Waals surface area contributed by atoms with Crippen molar-refractivity contribution in [3.8, 4) is 5.75 Å². The lowest BCUT2D eigenvalue weighted by Crippen LogP contribution is -2.41. The fraction of sp³-hybridized carbons (Fsp3) is 0.533. The van der Waals surface area contributed by atoms with Gasteiger partial charge in [0.1, 0.15) is 5.75 Å². The summed E-state index contributed by atoms with van der Waals surface area (Å²) in [6.45, 7) is 5.80. The van der Waals surface area contributed by atoms with E-state index in [4.69, 9.17) is 16.3 Å². The van der Waals surface area contributed by atoms with Crippen LogP contribution in [-0.2, 0) is 4.79 Å². The molecule has 1 aliphatic rings. The molecular formula is C15H21ClN2O2. The van der Waals surface area contributed by atoms with E-state index in [9.17, 15) is 4.79 Å². The van der Waals surface area contributed by atoms with E-state index in [1.165, 1.54) is 0 Å². The minimum absolute atomic E-state index is 0.160. The number of anilines is 1. The molecule has 2 rings (SSSR count). The highest BCUT2D eigenvalue weighted by Crippen LogP contribution is 2.28. The van der Waals surface area contributed by atoms with Crippen LogP contribution in [0.15, 0.2) is 18.2 Å². The highest BCUT2D eigenvalue weighted by molar-refractivity contribution is 6.32. The van der Waals surface area contributed by atoms with Crippen LogP contribution in [0.5, 0.6) is 5.75 Å². The molecule has 0 bridgehead atoms. The molecule has 0 saturated carbocycles. The maximum Gasteiger partial charge on any atom is 0.219 e. The van der Waals surface area contributed by atoms with Crippen molar-refractivity contribution in [3.05, 3.63) is 23.2 Å². The number of benzene rings is 1. The molecule has 0 atom stereocenters. The van der Waals surface area contributed by atoms with Gasteiger partial charge in [-0.3, -0.25) is 4.79 Å². The SMILES string of the molecule is CCOc1ccc(NC2CCN(C(C)=O)CC2)cc1Cl. The molecule has 0 spiro atoms. The molecule has 20 heavy (non-hydrogen) atoms. The minimum atomic E-state index is 0.160. The number of nitrogens with one attached hydrogen (secondary N) is 1. The standard InChI is InChI=1S/C15H21ClN2O2/c1-3-20-15-5-4-13(10-14(15)16)17-12-6-8-18(9-7-12)11(2)19/h4-5,10,12,17H,3,6-9H2,1-2H3. The van der Waals surface area contributed by atoms with Gasteiger partial charge in [-0.05, 0) is 38.0 Å². The van der Waals surface area contributed by atoms with E-state index in [0.717, 1.165) is 31.6 Å². The Balaban J connectivity index is 1.91. The Bertz CT molecular complexity index is 471. The van der Waals surface area contributed by atoms with Gasteiger partial charge < -0.3 is 15.0 Å². The topological polar surface area (TPSA) is 41.6 Å². The summed E-state index contributed by atoms with van der Waals surface area (Å²) in [6.07, 6.45) is 1.93. The normalized spacial score (nSPS) is 16.1. The van der Waals surface area contributed by atoms with Crippen molar-refractivity contribution in [1.29, 1.82) is 0 Å². The Morgan fingerprint density at radius 1 is 1.45 bits per heavy atom. The summed E-state index contributed by atoms with van der Waals surface area (Å²) in [5.74, 6) is 0.874. The molecule has 1 heterocycles. The van der Waals surface area contributed by atoms with Crippen molar-refractivity contribution in [2.45, 2.75) is 32.7 Å². The summed E-state index contributed by atoms with van der Waals surface area (Å²) < 4.78 is 5.42. The van der Waals surface area contributed by atoms with Crippen LogP contribution >= 0.6 is 11.6 Å². The van der Waals surface area contributed by atoms with Crippen LogP contribution in [0, 0.1) is 0 Å². The lowest BCUT2D eigenvalue weighted by atomic mass is 10.0. The molecule has 1 aliphatic heterocycles. The fourth-order valence-corrected chi connectivity index (χ4v) is 2.67. The van der Waals surface area contributed by atoms with E-state index in [2.05, 4.69) is 5.32 Å². The molecule has 0 unspecified atom stereocenters. The van der Waals surface area contributed by atoms with Crippen molar-refractivity contribution in [2.24, 2.45) is 0 Å². The van der Waals surface area contributed by atoms with Gasteiger partial charge in [-0.15, -0.1) is 0 Å². The van der Waals surface area contributed by atoms with Gasteiger partial charge in [0.15, 0.2) is 0 Å². The van der Waals surface area contributed by atoms with Gasteiger partial charge >= 0.3 is 0 Å². The van der Waals surface area contributed by atoms with Gasteiger partial charge in [0, 0.05) is 31.7 Å². The van der Waals surface area contributed by atoms with Crippen LogP contribution in [0.1, 0.15) is 26.7 Å². The highest BCUT2D eigenvalue weighted by atomic mass is 35.5. The molecule has 1 fully saturated rings. The molecule has 1 aromatic rings. The van der Waals surface area contributed by atoms with Crippen molar-refractivity contribution in [3.63, 3.8) is 0 Å². The lowest BCUT2D eigenvalue weighted by Gasteiger charge is -2.32. The molecule has 4 nitrogen and oxygen atoms in total. The molecule has 5 heteroatoms. The third kappa shape index (κ3) is 3.79. The van der Waals surface area contributed by atoms with Crippen LogP contribution in [0.3, 0.4) is 0 Å². The summed E-state index contributed by atoms with van der Waals surface area (Å²) in [5.41, 5.74) is 1.000. The summed E-state index contributed by atoms with van der Waals surface area (Å²) in [6, 6.07) is 6.15. The maximum absolute atomic E-state index is 11.3. The Morgan fingerprint density at radius 2 is 2.15 bits per heavy atom. The summed E-state index contributed by atoms with van der Waals surface area (Å²) in [4.78, 5) is 13.2. The molecular weight excluding hydrogens is 276 g/mol. The van der Waals surface area contributed by atoms with Gasteiger partial charge in [0.2, 0.25) is 5.91 Å². The first-order valence-corrected chi connectivity index (χ1v) is 7.42. The Kier molecular flexibility index (Phi) is 5.12. The van der Waals surface area contributed by atoms with E-state index in [1.54, 1.807) is 6.92 Å². The van der Waals surface area contributed by atoms with Crippen molar-refractivity contribution < 1.29 is 9.53 Å². The number of likely N-dealkylation sites (tertiary alicyclic amines) is 1. The number of halogens is 1. The quantitative estimate of drug-likeness (QED) is 0.928. The number of amides is 1. The second kappa shape index (κ2) is 6.84. The number of hydrogen-bond donors (Lipinski definition) is 1. The Labute approximate surface area is 125 Å². The maximum atomic E-state index is 11.3. The molecule has 0 aromatic heterocycles. The van der Waals surface area contributed by atoms with E-state index in [-0.39, 0.29) is 5.91 Å². The van der Waals surface area contributed by atoms with Crippen molar-refractivity contribution in [2.75, 3.05) is 25.0 Å². The second-order valence-electron chi connectivity index (χ2n) is 5.00. The molecule has 0 aliphatic carbocycles. The van der Waals surface area contributed by atoms with Crippen LogP contribution < -0.4 is 10.1 Å². The number of hydrogen-bond acceptors (Lipinski definition) is 3. The molecule has 1 saturated heterocycles. The number of rotatable bonds is 4. The van der Waals surface area contributed by atoms with Crippen LogP contribution in [0.2, 0.25) is 5.02 Å². The number of carbonyl (C=O) groups is 1. The van der Waals surface area contributed by atoms with E-state index in [0.29, 0.717) is 23.4 Å². The van der Waals surface area contributed by atoms with Gasteiger partial charge in [0.25, 0.3) is 0 Å². The number of ether oxygens (including phenoxy) is 1. The number of carbonyl (C=O) groups excluding carboxylic acids is 1. The number of nitrogens with zero attached hydrogens (tertiary/aromatic N) is 1. The Morgan fingerprint density at radius 3 is 2.70 bits per heavy atom. The number of piperidine rings is 1. The lowest BCUT2D eigenvalue weighted by molar-refractivity contribution is -0.129. The zero-order valence-electron chi connectivity index (χ0n) is 12.0. The highest BCUT2D eigenvalue weighted by Gasteiger charge is 2.20. The third-order valence-corrected chi connectivity index (χ3v) is 3.84. The van der Waals surface area contributed by atoms with E-state index in [1.807, 2.05) is 30.0 Å². The average Bonchev–Trinajstić information content (AvgIpc) is 2.42. The predicted molar refractivity (Wildman–Crippen MR) is 81.5 cm³/mol. The van der Waals surface area contributed by atoms with Gasteiger partial charge in [0.05, 0.1) is 11.6 Å². The van der Waals surface area contributed by atoms with E-state index < -0.39 is 0 Å². The molecule has 1 amide bonds. The van der Waals surface area contributed by atoms with E-state index >= 15 is 0 Å². The zero-order valence-corrected chi connectivity index (χ0v) is 12.7. The molecule has 1 N–H and O–H groups in total. The Hall–Kier alpha value is -1.42. The molecule has 1 aromatic carbocycles. The van der Waals surface area contributed by atoms with Crippen LogP contribution in [0.25, 0.3) is 0 Å². The van der Waals surface area contributed by atoms with Crippen LogP contribution in [-0.4, -0.2) is 36.5 Å². The fourth-order valence-electron chi connectivity index (χ4n) is 2.44. The second-order valence-corrected chi connectivity index (χ2v) is 5.41. The smallest absolute Gasteiger partial charge is 0.219 e. The zero-order chi connectivity index (χ0) is 14.5. The summed E-state index contributed by atoms with van der Waals surface area (Å²) in [5, 5.41) is 4.10. The summed E-state index contributed by atoms with van der Waals surface area (Å²) in [7, 11) is 0. The first-order valence-electron chi connectivity index (χ1n) is 7.04. The van der Waals surface area contributed by atoms with Gasteiger partial charge in [-0.25, -0.2) is 0 Å². The summed E-state index contributed by atoms with van der Waals surface area (Å²) >= 11 is 6.17. The van der Waals surface area contributed by atoms with Crippen molar-refractivity contribution in [1.82, 2.24) is 4.90 Å². The largest absolute Gasteiger partial charge is 0.492 e. The minimum Gasteiger partial charge on any atom is -0.492 e. The van der Waals surface area contributed by atoms with Crippen molar-refractivity contribution >= 4 is 23.2 Å². The predicted octanol–water partition coefficient (Wildman–Crippen LogP) is 3.16. The third-order valence-electron chi connectivity index (χ3n) is 3.54. The first kappa shape index (κ1) is 15.0. The first-order chi connectivity index (χ1) is 9.60. The molecule has 0 radical (unpaired) electrons. The monoisotopic (exact) mass is 296 g/mol. The van der Waals surface area contributed by atoms with Gasteiger partial charge in [-0.2, -0.15) is 0 Å². The molecule has 110 valence electrons.